The molecular formula is C14H23N5O2. The van der Waals surface area contributed by atoms with Gasteiger partial charge in [0.2, 0.25) is 0 Å². The van der Waals surface area contributed by atoms with Gasteiger partial charge in [0.15, 0.2) is 5.82 Å². The van der Waals surface area contributed by atoms with Crippen LogP contribution in [0.25, 0.3) is 0 Å². The maximum absolute atomic E-state index is 12.5. The van der Waals surface area contributed by atoms with Crippen molar-refractivity contribution in [3.8, 4) is 0 Å². The number of β-amino-alcohol motifs (C(OH)–C–C–N with tert-alkyl or cyclic N) is 1. The molecule has 21 heavy (non-hydrogen) atoms. The van der Waals surface area contributed by atoms with E-state index in [9.17, 15) is 9.90 Å². The van der Waals surface area contributed by atoms with E-state index < -0.39 is 6.10 Å². The Morgan fingerprint density at radius 1 is 1.24 bits per heavy atom. The minimum absolute atomic E-state index is 0.0444. The number of rotatable bonds is 2. The normalized spacial score (nSPS) is 28.2. The maximum atomic E-state index is 12.5. The van der Waals surface area contributed by atoms with E-state index in [4.69, 9.17) is 0 Å². The van der Waals surface area contributed by atoms with Crippen molar-refractivity contribution in [1.82, 2.24) is 24.3 Å². The number of carbonyl (C=O) groups excluding carboxylic acids is 1. The number of hydrogen-bond donors (Lipinski definition) is 1. The van der Waals surface area contributed by atoms with Crippen molar-refractivity contribution >= 4 is 5.91 Å². The average Bonchev–Trinajstić information content (AvgIpc) is 3.05. The number of carbonyl (C=O) groups is 1. The standard InChI is InChI=1S/C14H23N5O2/c1-16-5-7-18(8-6-16)11-9-19(10-12(11)20)14(21)13-15-3-4-17(13)2/h3-4,11-12,20H,5-10H2,1-2H3/t11-,12-/m1/s1. The molecular weight excluding hydrogens is 270 g/mol. The second-order valence-electron chi connectivity index (χ2n) is 6.05. The van der Waals surface area contributed by atoms with Gasteiger partial charge < -0.3 is 19.5 Å². The molecule has 2 fully saturated rings. The number of piperazine rings is 1. The summed E-state index contributed by atoms with van der Waals surface area (Å²) in [6.45, 7) is 4.89. The van der Waals surface area contributed by atoms with Gasteiger partial charge in [-0.05, 0) is 7.05 Å². The Morgan fingerprint density at radius 2 is 1.95 bits per heavy atom. The number of imidazole rings is 1. The summed E-state index contributed by atoms with van der Waals surface area (Å²) in [5.74, 6) is 0.333. The molecule has 0 saturated carbocycles. The Morgan fingerprint density at radius 3 is 2.57 bits per heavy atom. The second kappa shape index (κ2) is 5.75. The fourth-order valence-corrected chi connectivity index (χ4v) is 3.16. The molecule has 7 nitrogen and oxygen atoms in total. The summed E-state index contributed by atoms with van der Waals surface area (Å²) in [5.41, 5.74) is 0. The van der Waals surface area contributed by atoms with Crippen LogP contribution in [0.1, 0.15) is 10.6 Å². The molecule has 116 valence electrons. The predicted molar refractivity (Wildman–Crippen MR) is 78.0 cm³/mol. The molecule has 1 N–H and O–H groups in total. The van der Waals surface area contributed by atoms with E-state index in [1.807, 2.05) is 7.05 Å². The fourth-order valence-electron chi connectivity index (χ4n) is 3.16. The van der Waals surface area contributed by atoms with Gasteiger partial charge in [0.1, 0.15) is 0 Å². The molecule has 3 heterocycles. The minimum atomic E-state index is -0.474. The number of likely N-dealkylation sites (N-methyl/N-ethyl adjacent to an activating group) is 1. The lowest BCUT2D eigenvalue weighted by molar-refractivity contribution is 0.0512. The van der Waals surface area contributed by atoms with Crippen LogP contribution >= 0.6 is 0 Å². The van der Waals surface area contributed by atoms with Crippen LogP contribution in [0, 0.1) is 0 Å². The van der Waals surface area contributed by atoms with Gasteiger partial charge in [-0.3, -0.25) is 9.69 Å². The Bertz CT molecular complexity index is 509. The Balaban J connectivity index is 1.66. The van der Waals surface area contributed by atoms with Crippen LogP contribution < -0.4 is 0 Å². The number of amides is 1. The van der Waals surface area contributed by atoms with Crippen LogP contribution in [0.4, 0.5) is 0 Å². The molecule has 2 saturated heterocycles. The third-order valence-corrected chi connectivity index (χ3v) is 4.57. The van der Waals surface area contributed by atoms with Crippen LogP contribution in [0.15, 0.2) is 12.4 Å². The summed E-state index contributed by atoms with van der Waals surface area (Å²) >= 11 is 0. The summed E-state index contributed by atoms with van der Waals surface area (Å²) in [6.07, 6.45) is 2.91. The molecule has 0 bridgehead atoms. The highest BCUT2D eigenvalue weighted by atomic mass is 16.3. The lowest BCUT2D eigenvalue weighted by atomic mass is 10.1. The van der Waals surface area contributed by atoms with Crippen molar-refractivity contribution in [2.24, 2.45) is 7.05 Å². The number of hydrogen-bond acceptors (Lipinski definition) is 5. The van der Waals surface area contributed by atoms with Crippen LogP contribution in [-0.4, -0.2) is 93.7 Å². The van der Waals surface area contributed by atoms with E-state index in [2.05, 4.69) is 21.8 Å². The molecule has 2 aliphatic heterocycles. The smallest absolute Gasteiger partial charge is 0.289 e. The average molecular weight is 293 g/mol. The zero-order valence-corrected chi connectivity index (χ0v) is 12.6. The van der Waals surface area contributed by atoms with Gasteiger partial charge in [-0.2, -0.15) is 0 Å². The molecule has 1 aromatic rings. The van der Waals surface area contributed by atoms with Gasteiger partial charge in [-0.25, -0.2) is 4.98 Å². The lowest BCUT2D eigenvalue weighted by Gasteiger charge is -2.37. The number of aliphatic hydroxyl groups is 1. The van der Waals surface area contributed by atoms with Gasteiger partial charge in [0, 0.05) is 58.7 Å². The van der Waals surface area contributed by atoms with Crippen LogP contribution in [0.2, 0.25) is 0 Å². The lowest BCUT2D eigenvalue weighted by Crippen LogP contribution is -2.52. The van der Waals surface area contributed by atoms with Crippen molar-refractivity contribution in [1.29, 1.82) is 0 Å². The van der Waals surface area contributed by atoms with Crippen molar-refractivity contribution in [3.05, 3.63) is 18.2 Å². The van der Waals surface area contributed by atoms with Gasteiger partial charge >= 0.3 is 0 Å². The number of likely N-dealkylation sites (tertiary alicyclic amines) is 1. The van der Waals surface area contributed by atoms with Crippen LogP contribution in [-0.2, 0) is 7.05 Å². The van der Waals surface area contributed by atoms with E-state index in [0.29, 0.717) is 18.9 Å². The van der Waals surface area contributed by atoms with E-state index in [1.165, 1.54) is 0 Å². The summed E-state index contributed by atoms with van der Waals surface area (Å²) < 4.78 is 1.72. The van der Waals surface area contributed by atoms with E-state index >= 15 is 0 Å². The maximum Gasteiger partial charge on any atom is 0.289 e. The first-order valence-corrected chi connectivity index (χ1v) is 7.43. The molecule has 0 unspecified atom stereocenters. The minimum Gasteiger partial charge on any atom is -0.390 e. The first kappa shape index (κ1) is 14.5. The van der Waals surface area contributed by atoms with Gasteiger partial charge in [0.25, 0.3) is 5.91 Å². The van der Waals surface area contributed by atoms with Crippen molar-refractivity contribution in [3.63, 3.8) is 0 Å². The van der Waals surface area contributed by atoms with Gasteiger partial charge in [-0.15, -0.1) is 0 Å². The molecule has 0 radical (unpaired) electrons. The number of aliphatic hydroxyl groups excluding tert-OH is 1. The second-order valence-corrected chi connectivity index (χ2v) is 6.05. The molecule has 0 aliphatic carbocycles. The number of aryl methyl sites for hydroxylation is 1. The molecule has 1 aromatic heterocycles. The molecule has 1 amide bonds. The summed E-state index contributed by atoms with van der Waals surface area (Å²) in [4.78, 5) is 22.9. The Hall–Kier alpha value is -1.44. The van der Waals surface area contributed by atoms with Crippen LogP contribution in [0.3, 0.4) is 0 Å². The zero-order chi connectivity index (χ0) is 15.0. The molecule has 0 spiro atoms. The van der Waals surface area contributed by atoms with E-state index in [0.717, 1.165) is 26.2 Å². The highest BCUT2D eigenvalue weighted by molar-refractivity contribution is 5.91. The quantitative estimate of drug-likeness (QED) is 0.746. The molecule has 2 aliphatic rings. The zero-order valence-electron chi connectivity index (χ0n) is 12.6. The SMILES string of the molecule is CN1CCN([C@@H]2CN(C(=O)c3nccn3C)C[C@H]2O)CC1. The number of nitrogens with zero attached hydrogens (tertiary/aromatic N) is 5. The van der Waals surface area contributed by atoms with Gasteiger partial charge in [0.05, 0.1) is 12.1 Å². The summed E-state index contributed by atoms with van der Waals surface area (Å²) in [7, 11) is 3.92. The Labute approximate surface area is 124 Å². The molecule has 3 rings (SSSR count). The highest BCUT2D eigenvalue weighted by Crippen LogP contribution is 2.19. The van der Waals surface area contributed by atoms with E-state index in [-0.39, 0.29) is 11.9 Å². The van der Waals surface area contributed by atoms with Gasteiger partial charge in [-0.1, -0.05) is 0 Å². The van der Waals surface area contributed by atoms with E-state index in [1.54, 1.807) is 21.9 Å². The van der Waals surface area contributed by atoms with Crippen molar-refractivity contribution in [2.45, 2.75) is 12.1 Å². The molecule has 2 atom stereocenters. The number of aromatic nitrogens is 2. The fraction of sp³-hybridized carbons (Fsp3) is 0.714. The highest BCUT2D eigenvalue weighted by Gasteiger charge is 2.39. The predicted octanol–water partition coefficient (Wildman–Crippen LogP) is -1.15. The molecule has 0 aromatic carbocycles. The molecule has 7 heteroatoms. The monoisotopic (exact) mass is 293 g/mol. The first-order valence-electron chi connectivity index (χ1n) is 7.43. The Kier molecular flexibility index (Phi) is 3.97. The third kappa shape index (κ3) is 2.81. The first-order chi connectivity index (χ1) is 10.1. The largest absolute Gasteiger partial charge is 0.390 e. The van der Waals surface area contributed by atoms with Crippen molar-refractivity contribution in [2.75, 3.05) is 46.3 Å². The summed E-state index contributed by atoms with van der Waals surface area (Å²) in [6, 6.07) is 0.0444. The summed E-state index contributed by atoms with van der Waals surface area (Å²) in [5, 5.41) is 10.3. The topological polar surface area (TPSA) is 64.8 Å². The van der Waals surface area contributed by atoms with Crippen molar-refractivity contribution < 1.29 is 9.90 Å². The third-order valence-electron chi connectivity index (χ3n) is 4.57. The van der Waals surface area contributed by atoms with Crippen LogP contribution in [0.5, 0.6) is 0 Å².